The molecule has 2 aromatic rings. The molecule has 30 heavy (non-hydrogen) atoms. The second kappa shape index (κ2) is 7.76. The molecule has 6 nitrogen and oxygen atoms in total. The van der Waals surface area contributed by atoms with Crippen molar-refractivity contribution in [2.45, 2.75) is 50.9 Å². The predicted octanol–water partition coefficient (Wildman–Crippen LogP) is 4.10. The summed E-state index contributed by atoms with van der Waals surface area (Å²) in [4.78, 5) is 27.7. The van der Waals surface area contributed by atoms with E-state index >= 15 is 0 Å². The van der Waals surface area contributed by atoms with Crippen molar-refractivity contribution in [2.24, 2.45) is 0 Å². The van der Waals surface area contributed by atoms with Gasteiger partial charge in [-0.15, -0.1) is 0 Å². The van der Waals surface area contributed by atoms with Crippen LogP contribution >= 0.6 is 0 Å². The van der Waals surface area contributed by atoms with Crippen molar-refractivity contribution in [3.8, 4) is 0 Å². The molecule has 2 amide bonds. The zero-order valence-corrected chi connectivity index (χ0v) is 17.7. The first-order valence-electron chi connectivity index (χ1n) is 10.3. The van der Waals surface area contributed by atoms with Gasteiger partial charge in [0.2, 0.25) is 5.91 Å². The molecule has 2 atom stereocenters. The molecule has 0 saturated carbocycles. The van der Waals surface area contributed by atoms with E-state index in [1.54, 1.807) is 4.90 Å². The van der Waals surface area contributed by atoms with E-state index in [0.29, 0.717) is 19.6 Å². The molecule has 2 aliphatic heterocycles. The molecule has 1 spiro atoms. The lowest BCUT2D eigenvalue weighted by molar-refractivity contribution is -0.120. The Bertz CT molecular complexity index is 938. The molecule has 0 aliphatic carbocycles. The van der Waals surface area contributed by atoms with Crippen LogP contribution < -0.4 is 5.32 Å². The highest BCUT2D eigenvalue weighted by molar-refractivity contribution is 6.07. The maximum atomic E-state index is 13.0. The number of anilines is 1. The minimum absolute atomic E-state index is 0.0668. The molecular formula is C24H28N2O4. The van der Waals surface area contributed by atoms with Gasteiger partial charge in [-0.05, 0) is 44.4 Å². The first-order valence-corrected chi connectivity index (χ1v) is 10.3. The molecule has 0 aromatic heterocycles. The van der Waals surface area contributed by atoms with E-state index in [-0.39, 0.29) is 18.5 Å². The normalized spacial score (nSPS) is 22.8. The minimum atomic E-state index is -0.770. The van der Waals surface area contributed by atoms with E-state index in [0.717, 1.165) is 16.8 Å². The van der Waals surface area contributed by atoms with Gasteiger partial charge in [-0.2, -0.15) is 0 Å². The smallest absolute Gasteiger partial charge is 0.410 e. The summed E-state index contributed by atoms with van der Waals surface area (Å²) in [6.07, 6.45) is 0.0917. The fourth-order valence-electron chi connectivity index (χ4n) is 4.30. The quantitative estimate of drug-likeness (QED) is 0.827. The van der Waals surface area contributed by atoms with E-state index in [2.05, 4.69) is 5.32 Å². The maximum absolute atomic E-state index is 13.0. The summed E-state index contributed by atoms with van der Waals surface area (Å²) in [5.74, 6) is -0.0668. The summed E-state index contributed by atoms with van der Waals surface area (Å²) in [6.45, 7) is 6.60. The van der Waals surface area contributed by atoms with Crippen LogP contribution in [-0.4, -0.2) is 41.7 Å². The van der Waals surface area contributed by atoms with E-state index in [1.165, 1.54) is 0 Å². The molecule has 158 valence electrons. The van der Waals surface area contributed by atoms with Crippen LogP contribution in [0.2, 0.25) is 0 Å². The fraction of sp³-hybridized carbons (Fsp3) is 0.417. The number of fused-ring (bicyclic) bond motifs is 2. The third-order valence-corrected chi connectivity index (χ3v) is 5.64. The van der Waals surface area contributed by atoms with Gasteiger partial charge in [0, 0.05) is 12.2 Å². The first kappa shape index (κ1) is 20.4. The van der Waals surface area contributed by atoms with Gasteiger partial charge in [-0.3, -0.25) is 4.79 Å². The summed E-state index contributed by atoms with van der Waals surface area (Å²) in [6, 6.07) is 17.4. The summed E-state index contributed by atoms with van der Waals surface area (Å²) in [5, 5.41) is 2.98. The average Bonchev–Trinajstić information content (AvgIpc) is 3.21. The Morgan fingerprint density at radius 2 is 1.83 bits per heavy atom. The average molecular weight is 408 g/mol. The number of hydrogen-bond acceptors (Lipinski definition) is 4. The molecule has 2 heterocycles. The number of rotatable bonds is 4. The second-order valence-corrected chi connectivity index (χ2v) is 9.05. The van der Waals surface area contributed by atoms with Crippen molar-refractivity contribution in [3.63, 3.8) is 0 Å². The van der Waals surface area contributed by atoms with Crippen LogP contribution in [0.15, 0.2) is 54.6 Å². The molecule has 0 bridgehead atoms. The van der Waals surface area contributed by atoms with Crippen molar-refractivity contribution in [2.75, 3.05) is 18.5 Å². The Kier molecular flexibility index (Phi) is 5.28. The number of carbonyl (C=O) groups is 2. The SMILES string of the molecule is CC(C)(C)OC(=O)N1C[C@@]2(C[C@@H]1COCc1ccccc1)C(=O)Nc1ccccc12. The van der Waals surface area contributed by atoms with Gasteiger partial charge in [0.25, 0.3) is 0 Å². The number of nitrogens with zero attached hydrogens (tertiary/aromatic N) is 1. The molecule has 2 aromatic carbocycles. The van der Waals surface area contributed by atoms with Crippen molar-refractivity contribution < 1.29 is 19.1 Å². The molecular weight excluding hydrogens is 380 g/mol. The minimum Gasteiger partial charge on any atom is -0.444 e. The highest BCUT2D eigenvalue weighted by Crippen LogP contribution is 2.46. The topological polar surface area (TPSA) is 67.9 Å². The standard InChI is InChI=1S/C24H28N2O4/c1-23(2,3)30-22(28)26-16-24(19-11-7-8-12-20(19)25-21(24)27)13-18(26)15-29-14-17-9-5-4-6-10-17/h4-12,18H,13-16H2,1-3H3,(H,25,27)/t18-,24-/m1/s1. The molecule has 1 N–H and O–H groups in total. The number of likely N-dealkylation sites (tertiary alicyclic amines) is 1. The van der Waals surface area contributed by atoms with Crippen molar-refractivity contribution in [1.29, 1.82) is 0 Å². The Morgan fingerprint density at radius 3 is 2.57 bits per heavy atom. The van der Waals surface area contributed by atoms with E-state index < -0.39 is 17.1 Å². The molecule has 2 aliphatic rings. The van der Waals surface area contributed by atoms with Crippen molar-refractivity contribution in [1.82, 2.24) is 4.90 Å². The van der Waals surface area contributed by atoms with Crippen LogP contribution in [0.5, 0.6) is 0 Å². The van der Waals surface area contributed by atoms with Crippen LogP contribution in [0.25, 0.3) is 0 Å². The zero-order chi connectivity index (χ0) is 21.4. The Hall–Kier alpha value is -2.86. The van der Waals surface area contributed by atoms with Crippen LogP contribution in [-0.2, 0) is 26.3 Å². The summed E-state index contributed by atoms with van der Waals surface area (Å²) in [5.41, 5.74) is 1.44. The number of benzene rings is 2. The van der Waals surface area contributed by atoms with Crippen molar-refractivity contribution >= 4 is 17.7 Å². The Morgan fingerprint density at radius 1 is 1.13 bits per heavy atom. The van der Waals surface area contributed by atoms with Crippen LogP contribution in [0, 0.1) is 0 Å². The number of ether oxygens (including phenoxy) is 2. The monoisotopic (exact) mass is 408 g/mol. The Labute approximate surface area is 177 Å². The lowest BCUT2D eigenvalue weighted by atomic mass is 9.79. The third kappa shape index (κ3) is 3.92. The van der Waals surface area contributed by atoms with Crippen LogP contribution in [0.3, 0.4) is 0 Å². The fourth-order valence-corrected chi connectivity index (χ4v) is 4.30. The third-order valence-electron chi connectivity index (χ3n) is 5.64. The Balaban J connectivity index is 1.56. The number of para-hydroxylation sites is 1. The molecule has 0 unspecified atom stereocenters. The largest absolute Gasteiger partial charge is 0.444 e. The number of hydrogen-bond donors (Lipinski definition) is 1. The molecule has 1 fully saturated rings. The first-order chi connectivity index (χ1) is 14.3. The van der Waals surface area contributed by atoms with E-state index in [1.807, 2.05) is 75.4 Å². The number of nitrogens with one attached hydrogen (secondary N) is 1. The van der Waals surface area contributed by atoms with Crippen LogP contribution in [0.4, 0.5) is 10.5 Å². The molecule has 4 rings (SSSR count). The molecule has 6 heteroatoms. The molecule has 1 saturated heterocycles. The second-order valence-electron chi connectivity index (χ2n) is 9.05. The number of carbonyl (C=O) groups excluding carboxylic acids is 2. The van der Waals surface area contributed by atoms with Gasteiger partial charge in [0.1, 0.15) is 5.60 Å². The van der Waals surface area contributed by atoms with Gasteiger partial charge >= 0.3 is 6.09 Å². The summed E-state index contributed by atoms with van der Waals surface area (Å²) < 4.78 is 11.6. The lowest BCUT2D eigenvalue weighted by Gasteiger charge is -2.28. The van der Waals surface area contributed by atoms with Gasteiger partial charge in [0.15, 0.2) is 0 Å². The van der Waals surface area contributed by atoms with E-state index in [4.69, 9.17) is 9.47 Å². The van der Waals surface area contributed by atoms with E-state index in [9.17, 15) is 9.59 Å². The van der Waals surface area contributed by atoms with Crippen LogP contribution in [0.1, 0.15) is 38.3 Å². The van der Waals surface area contributed by atoms with Gasteiger partial charge in [-0.1, -0.05) is 48.5 Å². The highest BCUT2D eigenvalue weighted by atomic mass is 16.6. The van der Waals surface area contributed by atoms with Gasteiger partial charge in [-0.25, -0.2) is 4.79 Å². The summed E-state index contributed by atoms with van der Waals surface area (Å²) in [7, 11) is 0. The number of amides is 2. The lowest BCUT2D eigenvalue weighted by Crippen LogP contribution is -2.43. The van der Waals surface area contributed by atoms with Gasteiger partial charge in [0.05, 0.1) is 24.7 Å². The zero-order valence-electron chi connectivity index (χ0n) is 17.7. The maximum Gasteiger partial charge on any atom is 0.410 e. The summed E-state index contributed by atoms with van der Waals surface area (Å²) >= 11 is 0. The van der Waals surface area contributed by atoms with Gasteiger partial charge < -0.3 is 19.7 Å². The predicted molar refractivity (Wildman–Crippen MR) is 114 cm³/mol. The van der Waals surface area contributed by atoms with Crippen molar-refractivity contribution in [3.05, 3.63) is 65.7 Å². The molecule has 0 radical (unpaired) electrons. The highest BCUT2D eigenvalue weighted by Gasteiger charge is 2.56.